The van der Waals surface area contributed by atoms with Crippen LogP contribution in [0.3, 0.4) is 0 Å². The maximum atomic E-state index is 10.6. The minimum atomic E-state index is -1.11. The molecule has 0 unspecified atom stereocenters. The summed E-state index contributed by atoms with van der Waals surface area (Å²) >= 11 is 6.02. The molecule has 2 aromatic rings. The van der Waals surface area contributed by atoms with Gasteiger partial charge in [0, 0.05) is 6.07 Å². The van der Waals surface area contributed by atoms with Gasteiger partial charge >= 0.3 is 5.97 Å². The average Bonchev–Trinajstić information content (AvgIpc) is 2.79. The highest BCUT2D eigenvalue weighted by Crippen LogP contribution is 2.23. The molecular formula is C12H11ClN2O3. The summed E-state index contributed by atoms with van der Waals surface area (Å²) in [6.45, 7) is 2.28. The fourth-order valence-corrected chi connectivity index (χ4v) is 1.64. The van der Waals surface area contributed by atoms with Gasteiger partial charge in [0.2, 0.25) is 0 Å². The highest BCUT2D eigenvalue weighted by molar-refractivity contribution is 6.33. The third-order valence-corrected chi connectivity index (χ3v) is 2.68. The quantitative estimate of drug-likeness (QED) is 0.890. The molecule has 0 radical (unpaired) electrons. The lowest BCUT2D eigenvalue weighted by atomic mass is 10.2. The summed E-state index contributed by atoms with van der Waals surface area (Å²) in [6, 6.07) is 6.97. The van der Waals surface area contributed by atoms with E-state index in [0.29, 0.717) is 17.3 Å². The van der Waals surface area contributed by atoms with Crippen molar-refractivity contribution in [2.24, 2.45) is 0 Å². The van der Waals surface area contributed by atoms with Crippen molar-refractivity contribution in [1.29, 1.82) is 0 Å². The lowest BCUT2D eigenvalue weighted by Gasteiger charge is -2.07. The van der Waals surface area contributed by atoms with Crippen molar-refractivity contribution >= 4 is 23.3 Å². The van der Waals surface area contributed by atoms with E-state index >= 15 is 0 Å². The van der Waals surface area contributed by atoms with Crippen LogP contribution in [0.25, 0.3) is 0 Å². The van der Waals surface area contributed by atoms with Crippen LogP contribution in [0.2, 0.25) is 5.02 Å². The second-order valence-corrected chi connectivity index (χ2v) is 4.23. The first kappa shape index (κ1) is 12.4. The monoisotopic (exact) mass is 266 g/mol. The molecule has 18 heavy (non-hydrogen) atoms. The van der Waals surface area contributed by atoms with Crippen LogP contribution in [-0.2, 0) is 6.54 Å². The predicted molar refractivity (Wildman–Crippen MR) is 67.0 cm³/mol. The van der Waals surface area contributed by atoms with Gasteiger partial charge in [-0.25, -0.2) is 4.79 Å². The molecule has 5 nitrogen and oxygen atoms in total. The Bertz CT molecular complexity index is 580. The minimum absolute atomic E-state index is 0.109. The van der Waals surface area contributed by atoms with Gasteiger partial charge in [0.05, 0.1) is 17.3 Å². The molecular weight excluding hydrogens is 256 g/mol. The summed E-state index contributed by atoms with van der Waals surface area (Å²) < 4.78 is 4.88. The van der Waals surface area contributed by atoms with Crippen molar-refractivity contribution in [2.75, 3.05) is 5.32 Å². The zero-order valence-corrected chi connectivity index (χ0v) is 10.4. The van der Waals surface area contributed by atoms with Gasteiger partial charge in [-0.3, -0.25) is 0 Å². The largest absolute Gasteiger partial charge is 0.476 e. The number of carbonyl (C=O) groups is 1. The van der Waals surface area contributed by atoms with Gasteiger partial charge in [-0.1, -0.05) is 22.8 Å². The average molecular weight is 267 g/mol. The first-order chi connectivity index (χ1) is 8.56. The number of halogens is 1. The third-order valence-electron chi connectivity index (χ3n) is 2.35. The molecule has 94 valence electrons. The van der Waals surface area contributed by atoms with E-state index in [4.69, 9.17) is 21.2 Å². The molecule has 0 aliphatic rings. The summed E-state index contributed by atoms with van der Waals surface area (Å²) in [5.74, 6) is -0.677. The summed E-state index contributed by atoms with van der Waals surface area (Å²) in [7, 11) is 0. The fourth-order valence-electron chi connectivity index (χ4n) is 1.45. The van der Waals surface area contributed by atoms with Crippen LogP contribution in [0, 0.1) is 6.92 Å². The standard InChI is InChI=1S/C12H11ClN2O3/c1-7-2-3-9(13)10(4-7)14-6-8-5-11(12(16)17)15-18-8/h2-5,14H,6H2,1H3,(H,16,17). The van der Waals surface area contributed by atoms with Crippen molar-refractivity contribution in [2.45, 2.75) is 13.5 Å². The molecule has 2 rings (SSSR count). The Hall–Kier alpha value is -2.01. The number of rotatable bonds is 4. The normalized spacial score (nSPS) is 10.3. The number of hydrogen-bond acceptors (Lipinski definition) is 4. The number of carboxylic acid groups (broad SMARTS) is 1. The van der Waals surface area contributed by atoms with Crippen molar-refractivity contribution in [1.82, 2.24) is 5.16 Å². The first-order valence-corrected chi connectivity index (χ1v) is 5.63. The van der Waals surface area contributed by atoms with E-state index in [9.17, 15) is 4.79 Å². The first-order valence-electron chi connectivity index (χ1n) is 5.25. The maximum Gasteiger partial charge on any atom is 0.358 e. The predicted octanol–water partition coefficient (Wildman–Crippen LogP) is 2.95. The molecule has 2 N–H and O–H groups in total. The Balaban J connectivity index is 2.06. The summed E-state index contributed by atoms with van der Waals surface area (Å²) in [4.78, 5) is 10.6. The number of benzene rings is 1. The molecule has 0 spiro atoms. The molecule has 0 amide bonds. The molecule has 0 aliphatic carbocycles. The zero-order valence-electron chi connectivity index (χ0n) is 9.61. The Morgan fingerprint density at radius 2 is 2.28 bits per heavy atom. The van der Waals surface area contributed by atoms with Gasteiger partial charge in [-0.2, -0.15) is 0 Å². The number of carboxylic acids is 1. The van der Waals surface area contributed by atoms with Crippen molar-refractivity contribution in [3.8, 4) is 0 Å². The molecule has 1 heterocycles. The summed E-state index contributed by atoms with van der Waals surface area (Å²) in [5, 5.41) is 15.8. The molecule has 1 aromatic carbocycles. The SMILES string of the molecule is Cc1ccc(Cl)c(NCc2cc(C(=O)O)no2)c1. The Kier molecular flexibility index (Phi) is 3.53. The molecule has 0 saturated heterocycles. The van der Waals surface area contributed by atoms with Crippen LogP contribution < -0.4 is 5.32 Å². The lowest BCUT2D eigenvalue weighted by molar-refractivity contribution is 0.0685. The van der Waals surface area contributed by atoms with E-state index < -0.39 is 5.97 Å². The number of nitrogens with one attached hydrogen (secondary N) is 1. The summed E-state index contributed by atoms with van der Waals surface area (Å²) in [6.07, 6.45) is 0. The Morgan fingerprint density at radius 3 is 2.94 bits per heavy atom. The maximum absolute atomic E-state index is 10.6. The molecule has 6 heteroatoms. The van der Waals surface area contributed by atoms with Gasteiger partial charge in [0.1, 0.15) is 0 Å². The third kappa shape index (κ3) is 2.81. The van der Waals surface area contributed by atoms with Crippen LogP contribution in [0.1, 0.15) is 21.8 Å². The second-order valence-electron chi connectivity index (χ2n) is 3.82. The van der Waals surface area contributed by atoms with Gasteiger partial charge in [-0.05, 0) is 24.6 Å². The number of aromatic nitrogens is 1. The molecule has 1 aromatic heterocycles. The van der Waals surface area contributed by atoms with Gasteiger partial charge in [0.25, 0.3) is 0 Å². The van der Waals surface area contributed by atoms with Crippen LogP contribution in [0.15, 0.2) is 28.8 Å². The van der Waals surface area contributed by atoms with Crippen LogP contribution in [0.5, 0.6) is 0 Å². The highest BCUT2D eigenvalue weighted by Gasteiger charge is 2.10. The lowest BCUT2D eigenvalue weighted by Crippen LogP contribution is -1.99. The summed E-state index contributed by atoms with van der Waals surface area (Å²) in [5.41, 5.74) is 1.73. The van der Waals surface area contributed by atoms with Gasteiger partial charge in [0.15, 0.2) is 11.5 Å². The van der Waals surface area contributed by atoms with E-state index in [1.807, 2.05) is 19.1 Å². The second kappa shape index (κ2) is 5.10. The van der Waals surface area contributed by atoms with E-state index in [2.05, 4.69) is 10.5 Å². The minimum Gasteiger partial charge on any atom is -0.476 e. The molecule has 0 bridgehead atoms. The van der Waals surface area contributed by atoms with Crippen LogP contribution in [-0.4, -0.2) is 16.2 Å². The van der Waals surface area contributed by atoms with E-state index in [0.717, 1.165) is 11.3 Å². The van der Waals surface area contributed by atoms with Gasteiger partial charge in [-0.15, -0.1) is 0 Å². The zero-order chi connectivity index (χ0) is 13.1. The molecule has 0 fully saturated rings. The van der Waals surface area contributed by atoms with E-state index in [-0.39, 0.29) is 5.69 Å². The Morgan fingerprint density at radius 1 is 1.50 bits per heavy atom. The topological polar surface area (TPSA) is 75.4 Å². The van der Waals surface area contributed by atoms with E-state index in [1.54, 1.807) is 6.07 Å². The Labute approximate surface area is 108 Å². The van der Waals surface area contributed by atoms with Crippen LogP contribution >= 0.6 is 11.6 Å². The van der Waals surface area contributed by atoms with Crippen LogP contribution in [0.4, 0.5) is 5.69 Å². The fraction of sp³-hybridized carbons (Fsp3) is 0.167. The molecule has 0 atom stereocenters. The van der Waals surface area contributed by atoms with Crippen molar-refractivity contribution < 1.29 is 14.4 Å². The number of hydrogen-bond donors (Lipinski definition) is 2. The van der Waals surface area contributed by atoms with Gasteiger partial charge < -0.3 is 14.9 Å². The number of aryl methyl sites for hydroxylation is 1. The number of aromatic carboxylic acids is 1. The smallest absolute Gasteiger partial charge is 0.358 e. The highest BCUT2D eigenvalue weighted by atomic mass is 35.5. The molecule has 0 saturated carbocycles. The van der Waals surface area contributed by atoms with Crippen molar-refractivity contribution in [3.05, 3.63) is 46.3 Å². The number of nitrogens with zero attached hydrogens (tertiary/aromatic N) is 1. The number of anilines is 1. The molecule has 0 aliphatic heterocycles. The van der Waals surface area contributed by atoms with Crippen molar-refractivity contribution in [3.63, 3.8) is 0 Å². The van der Waals surface area contributed by atoms with E-state index in [1.165, 1.54) is 6.07 Å².